The summed E-state index contributed by atoms with van der Waals surface area (Å²) in [7, 11) is 3.80. The number of halogens is 1. The molecule has 8 heteroatoms. The highest BCUT2D eigenvalue weighted by atomic mass is 127. The van der Waals surface area contributed by atoms with E-state index in [1.807, 2.05) is 63.1 Å². The van der Waals surface area contributed by atoms with E-state index < -0.39 is 5.60 Å². The molecule has 1 fully saturated rings. The van der Waals surface area contributed by atoms with E-state index in [4.69, 9.17) is 9.47 Å². The van der Waals surface area contributed by atoms with Crippen LogP contribution in [0.4, 0.5) is 4.79 Å². The number of para-hydroxylation sites is 1. The lowest BCUT2D eigenvalue weighted by atomic mass is 9.97. The van der Waals surface area contributed by atoms with Gasteiger partial charge in [-0.05, 0) is 51.7 Å². The molecule has 0 saturated carbocycles. The van der Waals surface area contributed by atoms with Crippen molar-refractivity contribution in [1.29, 1.82) is 0 Å². The predicted octanol–water partition coefficient (Wildman–Crippen LogP) is 3.84. The molecule has 0 bridgehead atoms. The molecule has 0 aliphatic carbocycles. The minimum atomic E-state index is -0.448. The van der Waals surface area contributed by atoms with Gasteiger partial charge in [-0.15, -0.1) is 24.0 Å². The lowest BCUT2D eigenvalue weighted by Gasteiger charge is -2.34. The van der Waals surface area contributed by atoms with Crippen molar-refractivity contribution < 1.29 is 14.3 Å². The minimum absolute atomic E-state index is 0. The van der Waals surface area contributed by atoms with Crippen molar-refractivity contribution in [3.8, 4) is 5.75 Å². The number of nitrogens with one attached hydrogen (secondary N) is 1. The fourth-order valence-corrected chi connectivity index (χ4v) is 3.19. The molecule has 0 spiro atoms. The normalized spacial score (nSPS) is 15.2. The number of likely N-dealkylation sites (tertiary alicyclic amines) is 1. The first-order valence-electron chi connectivity index (χ1n) is 10.4. The number of ether oxygens (including phenoxy) is 2. The fraction of sp³-hybridized carbons (Fsp3) is 0.636. The van der Waals surface area contributed by atoms with E-state index in [-0.39, 0.29) is 30.1 Å². The van der Waals surface area contributed by atoms with Crippen LogP contribution in [0.25, 0.3) is 0 Å². The Labute approximate surface area is 198 Å². The van der Waals surface area contributed by atoms with Crippen LogP contribution in [0.3, 0.4) is 0 Å². The van der Waals surface area contributed by atoms with E-state index in [0.29, 0.717) is 12.5 Å². The van der Waals surface area contributed by atoms with Crippen molar-refractivity contribution in [2.45, 2.75) is 39.2 Å². The van der Waals surface area contributed by atoms with Crippen LogP contribution >= 0.6 is 24.0 Å². The van der Waals surface area contributed by atoms with Gasteiger partial charge in [0.15, 0.2) is 5.96 Å². The molecular formula is C22H37IN4O3. The third-order valence-electron chi connectivity index (χ3n) is 4.83. The van der Waals surface area contributed by atoms with Gasteiger partial charge in [-0.3, -0.25) is 4.99 Å². The van der Waals surface area contributed by atoms with Crippen molar-refractivity contribution in [2.75, 3.05) is 46.9 Å². The monoisotopic (exact) mass is 532 g/mol. The summed E-state index contributed by atoms with van der Waals surface area (Å²) in [6.45, 7) is 9.35. The molecule has 0 aromatic heterocycles. The summed E-state index contributed by atoms with van der Waals surface area (Å²) in [4.78, 5) is 20.4. The van der Waals surface area contributed by atoms with E-state index in [0.717, 1.165) is 50.7 Å². The van der Waals surface area contributed by atoms with Gasteiger partial charge in [0.25, 0.3) is 0 Å². The number of likely N-dealkylation sites (N-methyl/N-ethyl adjacent to an activating group) is 1. The smallest absolute Gasteiger partial charge is 0.410 e. The quantitative estimate of drug-likeness (QED) is 0.343. The number of aliphatic imine (C=N–C) groups is 1. The third-order valence-corrected chi connectivity index (χ3v) is 4.83. The molecule has 1 N–H and O–H groups in total. The number of benzene rings is 1. The highest BCUT2D eigenvalue weighted by molar-refractivity contribution is 14.0. The number of amides is 1. The Morgan fingerprint density at radius 2 is 1.87 bits per heavy atom. The summed E-state index contributed by atoms with van der Waals surface area (Å²) in [6, 6.07) is 9.82. The molecule has 1 aromatic rings. The number of carbonyl (C=O) groups is 1. The van der Waals surface area contributed by atoms with Crippen molar-refractivity contribution in [3.63, 3.8) is 0 Å². The minimum Gasteiger partial charge on any atom is -0.492 e. The number of piperidine rings is 1. The molecule has 1 aliphatic heterocycles. The van der Waals surface area contributed by atoms with Gasteiger partial charge in [-0.2, -0.15) is 0 Å². The molecule has 1 amide bonds. The Hall–Kier alpha value is -1.71. The van der Waals surface area contributed by atoms with E-state index in [9.17, 15) is 4.79 Å². The maximum absolute atomic E-state index is 12.2. The van der Waals surface area contributed by atoms with E-state index in [2.05, 4.69) is 15.2 Å². The van der Waals surface area contributed by atoms with Gasteiger partial charge in [0, 0.05) is 33.7 Å². The Morgan fingerprint density at radius 3 is 2.43 bits per heavy atom. The lowest BCUT2D eigenvalue weighted by Crippen LogP contribution is -2.46. The molecular weight excluding hydrogens is 495 g/mol. The Kier molecular flexibility index (Phi) is 11.3. The van der Waals surface area contributed by atoms with Crippen LogP contribution in [-0.2, 0) is 4.74 Å². The summed E-state index contributed by atoms with van der Waals surface area (Å²) in [5.74, 6) is 2.25. The predicted molar refractivity (Wildman–Crippen MR) is 132 cm³/mol. The molecule has 0 unspecified atom stereocenters. The number of rotatable bonds is 6. The summed E-state index contributed by atoms with van der Waals surface area (Å²) in [5, 5.41) is 3.46. The van der Waals surface area contributed by atoms with Crippen LogP contribution in [-0.4, -0.2) is 74.3 Å². The van der Waals surface area contributed by atoms with Crippen LogP contribution in [0.15, 0.2) is 35.3 Å². The third kappa shape index (κ3) is 9.40. The molecule has 1 aliphatic rings. The average molecular weight is 532 g/mol. The Morgan fingerprint density at radius 1 is 1.23 bits per heavy atom. The number of guanidine groups is 1. The second-order valence-electron chi connectivity index (χ2n) is 8.42. The van der Waals surface area contributed by atoms with Gasteiger partial charge >= 0.3 is 6.09 Å². The first-order chi connectivity index (χ1) is 13.8. The van der Waals surface area contributed by atoms with E-state index in [1.165, 1.54) is 0 Å². The highest BCUT2D eigenvalue weighted by Gasteiger charge is 2.27. The molecule has 1 aromatic carbocycles. The highest BCUT2D eigenvalue weighted by Crippen LogP contribution is 2.19. The standard InChI is InChI=1S/C22H36N4O3.HI/c1-22(2,3)29-21(27)26-13-11-18(12-14-26)17-24-20(23-4)25(5)15-16-28-19-9-7-6-8-10-19;/h6-10,18H,11-17H2,1-5H3,(H,23,24);1H. The summed E-state index contributed by atoms with van der Waals surface area (Å²) in [6.07, 6.45) is 1.71. The van der Waals surface area contributed by atoms with E-state index >= 15 is 0 Å². The molecule has 170 valence electrons. The van der Waals surface area contributed by atoms with Crippen molar-refractivity contribution in [2.24, 2.45) is 10.9 Å². The number of hydrogen-bond acceptors (Lipinski definition) is 4. The molecule has 1 heterocycles. The van der Waals surface area contributed by atoms with E-state index in [1.54, 1.807) is 7.05 Å². The zero-order valence-electron chi connectivity index (χ0n) is 18.9. The average Bonchev–Trinajstić information content (AvgIpc) is 2.68. The van der Waals surface area contributed by atoms with Crippen LogP contribution in [0.1, 0.15) is 33.6 Å². The molecule has 1 saturated heterocycles. The molecule has 2 rings (SSSR count). The molecule has 0 radical (unpaired) electrons. The summed E-state index contributed by atoms with van der Waals surface area (Å²) < 4.78 is 11.2. The molecule has 7 nitrogen and oxygen atoms in total. The van der Waals surface area contributed by atoms with Crippen molar-refractivity contribution >= 4 is 36.0 Å². The van der Waals surface area contributed by atoms with Gasteiger partial charge in [0.05, 0.1) is 6.54 Å². The molecule has 0 atom stereocenters. The topological polar surface area (TPSA) is 66.4 Å². The number of carbonyl (C=O) groups excluding carboxylic acids is 1. The van der Waals surface area contributed by atoms with Crippen LogP contribution in [0.2, 0.25) is 0 Å². The first kappa shape index (κ1) is 26.3. The zero-order chi connectivity index (χ0) is 21.3. The maximum atomic E-state index is 12.2. The van der Waals surface area contributed by atoms with Crippen LogP contribution in [0.5, 0.6) is 5.75 Å². The summed E-state index contributed by atoms with van der Waals surface area (Å²) in [5.41, 5.74) is -0.448. The molecule has 30 heavy (non-hydrogen) atoms. The zero-order valence-corrected chi connectivity index (χ0v) is 21.2. The second-order valence-corrected chi connectivity index (χ2v) is 8.42. The SMILES string of the molecule is CN=C(NCC1CCN(C(=O)OC(C)(C)C)CC1)N(C)CCOc1ccccc1.I. The lowest BCUT2D eigenvalue weighted by molar-refractivity contribution is 0.0185. The van der Waals surface area contributed by atoms with Crippen LogP contribution in [0, 0.1) is 5.92 Å². The van der Waals surface area contributed by atoms with Crippen LogP contribution < -0.4 is 10.1 Å². The van der Waals surface area contributed by atoms with Crippen molar-refractivity contribution in [1.82, 2.24) is 15.1 Å². The number of hydrogen-bond donors (Lipinski definition) is 1. The fourth-order valence-electron chi connectivity index (χ4n) is 3.19. The van der Waals surface area contributed by atoms with Gasteiger partial charge in [0.1, 0.15) is 18.0 Å². The van der Waals surface area contributed by atoms with Crippen molar-refractivity contribution in [3.05, 3.63) is 30.3 Å². The Balaban J connectivity index is 0.00000450. The Bertz CT molecular complexity index is 656. The second kappa shape index (κ2) is 12.9. The van der Waals surface area contributed by atoms with Gasteiger partial charge in [-0.25, -0.2) is 4.79 Å². The number of nitrogens with zero attached hydrogens (tertiary/aromatic N) is 3. The largest absolute Gasteiger partial charge is 0.492 e. The van der Waals surface area contributed by atoms with Gasteiger partial charge in [-0.1, -0.05) is 18.2 Å². The maximum Gasteiger partial charge on any atom is 0.410 e. The van der Waals surface area contributed by atoms with Gasteiger partial charge in [0.2, 0.25) is 0 Å². The first-order valence-corrected chi connectivity index (χ1v) is 10.4. The van der Waals surface area contributed by atoms with Gasteiger partial charge < -0.3 is 24.6 Å². The summed E-state index contributed by atoms with van der Waals surface area (Å²) >= 11 is 0.